The van der Waals surface area contributed by atoms with E-state index in [-0.39, 0.29) is 6.61 Å². The van der Waals surface area contributed by atoms with Crippen molar-refractivity contribution in [3.8, 4) is 0 Å². The maximum atomic E-state index is 10.3. The van der Waals surface area contributed by atoms with E-state index < -0.39 is 5.60 Å². The molecule has 2 N–H and O–H groups in total. The minimum absolute atomic E-state index is 0.112. The van der Waals surface area contributed by atoms with Gasteiger partial charge >= 0.3 is 0 Å². The number of rotatable bonds is 4. The summed E-state index contributed by atoms with van der Waals surface area (Å²) in [6.07, 6.45) is 7.08. The van der Waals surface area contributed by atoms with Crippen LogP contribution < -0.4 is 4.90 Å². The first-order chi connectivity index (χ1) is 8.13. The Morgan fingerprint density at radius 1 is 1.35 bits per heavy atom. The SMILES string of the molecule is CN(CC1(O)CCCC1)c1cncc(CO)n1. The highest BCUT2D eigenvalue weighted by Crippen LogP contribution is 2.30. The number of hydrogen-bond acceptors (Lipinski definition) is 5. The predicted octanol–water partition coefficient (Wildman–Crippen LogP) is 0.710. The summed E-state index contributed by atoms with van der Waals surface area (Å²) in [5.41, 5.74) is -0.0428. The molecule has 2 rings (SSSR count). The number of hydrogen-bond donors (Lipinski definition) is 2. The topological polar surface area (TPSA) is 69.5 Å². The summed E-state index contributed by atoms with van der Waals surface area (Å²) >= 11 is 0. The first-order valence-electron chi connectivity index (χ1n) is 5.98. The van der Waals surface area contributed by atoms with Crippen LogP contribution in [0.3, 0.4) is 0 Å². The summed E-state index contributed by atoms with van der Waals surface area (Å²) in [7, 11) is 1.89. The highest BCUT2D eigenvalue weighted by molar-refractivity contribution is 5.35. The monoisotopic (exact) mass is 237 g/mol. The van der Waals surface area contributed by atoms with Crippen LogP contribution in [0.4, 0.5) is 5.82 Å². The fourth-order valence-electron chi connectivity index (χ4n) is 2.37. The number of aliphatic hydroxyl groups excluding tert-OH is 1. The third-order valence-corrected chi connectivity index (χ3v) is 3.29. The van der Waals surface area contributed by atoms with Crippen molar-refractivity contribution in [2.24, 2.45) is 0 Å². The van der Waals surface area contributed by atoms with Crippen LogP contribution in [0.2, 0.25) is 0 Å². The molecule has 1 heterocycles. The molecular formula is C12H19N3O2. The number of aromatic nitrogens is 2. The first kappa shape index (κ1) is 12.3. The van der Waals surface area contributed by atoms with Crippen LogP contribution in [-0.4, -0.2) is 39.4 Å². The Morgan fingerprint density at radius 3 is 2.71 bits per heavy atom. The van der Waals surface area contributed by atoms with Gasteiger partial charge in [-0.05, 0) is 12.8 Å². The molecule has 1 saturated carbocycles. The lowest BCUT2D eigenvalue weighted by molar-refractivity contribution is 0.0557. The van der Waals surface area contributed by atoms with Crippen LogP contribution >= 0.6 is 0 Å². The van der Waals surface area contributed by atoms with Gasteiger partial charge in [0.05, 0.1) is 30.3 Å². The van der Waals surface area contributed by atoms with E-state index >= 15 is 0 Å². The molecule has 0 bridgehead atoms. The van der Waals surface area contributed by atoms with Gasteiger partial charge in [-0.15, -0.1) is 0 Å². The summed E-state index contributed by atoms with van der Waals surface area (Å²) in [6, 6.07) is 0. The number of likely N-dealkylation sites (N-methyl/N-ethyl adjacent to an activating group) is 1. The summed E-state index contributed by atoms with van der Waals surface area (Å²) in [4.78, 5) is 10.2. The Hall–Kier alpha value is -1.20. The summed E-state index contributed by atoms with van der Waals surface area (Å²) in [5.74, 6) is 0.692. The summed E-state index contributed by atoms with van der Waals surface area (Å²) in [6.45, 7) is 0.454. The molecule has 0 spiro atoms. The van der Waals surface area contributed by atoms with Gasteiger partial charge in [-0.2, -0.15) is 0 Å². The van der Waals surface area contributed by atoms with Crippen LogP contribution in [0.5, 0.6) is 0 Å². The minimum atomic E-state index is -0.592. The molecule has 17 heavy (non-hydrogen) atoms. The molecule has 1 aliphatic rings. The van der Waals surface area contributed by atoms with Crippen molar-refractivity contribution in [1.82, 2.24) is 9.97 Å². The molecule has 5 heteroatoms. The Labute approximate surface area is 101 Å². The Kier molecular flexibility index (Phi) is 3.59. The third kappa shape index (κ3) is 2.92. The summed E-state index contributed by atoms with van der Waals surface area (Å²) < 4.78 is 0. The van der Waals surface area contributed by atoms with Crippen LogP contribution in [-0.2, 0) is 6.61 Å². The Morgan fingerprint density at radius 2 is 2.06 bits per heavy atom. The molecule has 0 radical (unpaired) electrons. The maximum Gasteiger partial charge on any atom is 0.147 e. The smallest absolute Gasteiger partial charge is 0.147 e. The van der Waals surface area contributed by atoms with E-state index in [2.05, 4.69) is 9.97 Å². The van der Waals surface area contributed by atoms with Crippen molar-refractivity contribution in [3.05, 3.63) is 18.1 Å². The van der Waals surface area contributed by atoms with E-state index in [1.54, 1.807) is 12.4 Å². The second-order valence-corrected chi connectivity index (χ2v) is 4.81. The van der Waals surface area contributed by atoms with Gasteiger partial charge in [0.15, 0.2) is 0 Å². The van der Waals surface area contributed by atoms with Gasteiger partial charge in [-0.25, -0.2) is 4.98 Å². The van der Waals surface area contributed by atoms with Gasteiger partial charge in [0.2, 0.25) is 0 Å². The van der Waals surface area contributed by atoms with E-state index in [0.29, 0.717) is 18.1 Å². The van der Waals surface area contributed by atoms with E-state index in [0.717, 1.165) is 25.7 Å². The zero-order valence-corrected chi connectivity index (χ0v) is 10.1. The highest BCUT2D eigenvalue weighted by Gasteiger charge is 2.32. The fraction of sp³-hybridized carbons (Fsp3) is 0.667. The van der Waals surface area contributed by atoms with E-state index in [9.17, 15) is 5.11 Å². The second kappa shape index (κ2) is 4.98. The number of nitrogens with zero attached hydrogens (tertiary/aromatic N) is 3. The normalized spacial score (nSPS) is 18.3. The van der Waals surface area contributed by atoms with E-state index in [1.165, 1.54) is 0 Å². The molecule has 94 valence electrons. The molecule has 0 aromatic carbocycles. The molecule has 0 atom stereocenters. The van der Waals surface area contributed by atoms with Gasteiger partial charge in [-0.1, -0.05) is 12.8 Å². The van der Waals surface area contributed by atoms with Gasteiger partial charge in [-0.3, -0.25) is 4.98 Å². The molecule has 0 aliphatic heterocycles. The van der Waals surface area contributed by atoms with Crippen molar-refractivity contribution in [2.75, 3.05) is 18.5 Å². The number of anilines is 1. The molecule has 1 fully saturated rings. The van der Waals surface area contributed by atoms with Crippen molar-refractivity contribution >= 4 is 5.82 Å². The second-order valence-electron chi connectivity index (χ2n) is 4.81. The van der Waals surface area contributed by atoms with Crippen LogP contribution in [0, 0.1) is 0 Å². The minimum Gasteiger partial charge on any atom is -0.390 e. The fourth-order valence-corrected chi connectivity index (χ4v) is 2.37. The van der Waals surface area contributed by atoms with Crippen LogP contribution in [0.1, 0.15) is 31.4 Å². The lowest BCUT2D eigenvalue weighted by atomic mass is 10.0. The molecule has 1 aromatic heterocycles. The maximum absolute atomic E-state index is 10.3. The molecular weight excluding hydrogens is 218 g/mol. The Balaban J connectivity index is 2.05. The standard InChI is InChI=1S/C12H19N3O2/c1-15(9-12(17)4-2-3-5-12)11-7-13-6-10(8-16)14-11/h6-7,16-17H,2-5,8-9H2,1H3. The lowest BCUT2D eigenvalue weighted by Gasteiger charge is -2.29. The predicted molar refractivity (Wildman–Crippen MR) is 64.6 cm³/mol. The highest BCUT2D eigenvalue weighted by atomic mass is 16.3. The molecule has 0 amide bonds. The van der Waals surface area contributed by atoms with Gasteiger partial charge in [0, 0.05) is 13.6 Å². The van der Waals surface area contributed by atoms with Crippen molar-refractivity contribution in [2.45, 2.75) is 37.9 Å². The lowest BCUT2D eigenvalue weighted by Crippen LogP contribution is -2.39. The molecule has 1 aliphatic carbocycles. The average Bonchev–Trinajstić information content (AvgIpc) is 2.76. The zero-order valence-electron chi connectivity index (χ0n) is 10.1. The molecule has 5 nitrogen and oxygen atoms in total. The third-order valence-electron chi connectivity index (χ3n) is 3.29. The zero-order chi connectivity index (χ0) is 12.3. The van der Waals surface area contributed by atoms with E-state index in [1.807, 2.05) is 11.9 Å². The van der Waals surface area contributed by atoms with Gasteiger partial charge in [0.25, 0.3) is 0 Å². The van der Waals surface area contributed by atoms with Crippen molar-refractivity contribution in [3.63, 3.8) is 0 Å². The molecule has 1 aromatic rings. The van der Waals surface area contributed by atoms with Crippen molar-refractivity contribution < 1.29 is 10.2 Å². The number of aliphatic hydroxyl groups is 2. The van der Waals surface area contributed by atoms with Gasteiger partial charge < -0.3 is 15.1 Å². The van der Waals surface area contributed by atoms with Crippen molar-refractivity contribution in [1.29, 1.82) is 0 Å². The average molecular weight is 237 g/mol. The molecule has 0 saturated heterocycles. The molecule has 0 unspecified atom stereocenters. The van der Waals surface area contributed by atoms with Gasteiger partial charge in [0.1, 0.15) is 5.82 Å². The van der Waals surface area contributed by atoms with Crippen LogP contribution in [0.15, 0.2) is 12.4 Å². The Bertz CT molecular complexity index is 378. The first-order valence-corrected chi connectivity index (χ1v) is 5.98. The van der Waals surface area contributed by atoms with E-state index in [4.69, 9.17) is 5.11 Å². The summed E-state index contributed by atoms with van der Waals surface area (Å²) in [5, 5.41) is 19.3. The quantitative estimate of drug-likeness (QED) is 0.807. The van der Waals surface area contributed by atoms with Crippen LogP contribution in [0.25, 0.3) is 0 Å². The largest absolute Gasteiger partial charge is 0.390 e.